The minimum absolute atomic E-state index is 0.0547. The molecule has 2 rings (SSSR count). The number of amides is 2. The van der Waals surface area contributed by atoms with E-state index >= 15 is 0 Å². The second-order valence-corrected chi connectivity index (χ2v) is 8.83. The summed E-state index contributed by atoms with van der Waals surface area (Å²) in [6.45, 7) is 8.63. The zero-order valence-corrected chi connectivity index (χ0v) is 18.7. The number of nitrogens with zero attached hydrogens (tertiary/aromatic N) is 1. The molecule has 0 bridgehead atoms. The minimum Gasteiger partial charge on any atom is -0.357 e. The second kappa shape index (κ2) is 9.93. The van der Waals surface area contributed by atoms with Gasteiger partial charge in [-0.15, -0.1) is 0 Å². The van der Waals surface area contributed by atoms with E-state index in [4.69, 9.17) is 11.6 Å². The van der Waals surface area contributed by atoms with Crippen LogP contribution in [0, 0.1) is 0 Å². The van der Waals surface area contributed by atoms with Crippen molar-refractivity contribution in [3.05, 3.63) is 70.2 Å². The Morgan fingerprint density at radius 2 is 1.72 bits per heavy atom. The Bertz CT molecular complexity index is 841. The van der Waals surface area contributed by atoms with Crippen molar-refractivity contribution < 1.29 is 9.59 Å². The third-order valence-electron chi connectivity index (χ3n) is 5.10. The number of carbonyl (C=O) groups excluding carboxylic acids is 2. The Labute approximate surface area is 179 Å². The Morgan fingerprint density at radius 1 is 1.07 bits per heavy atom. The summed E-state index contributed by atoms with van der Waals surface area (Å²) in [7, 11) is 1.58. The first-order valence-corrected chi connectivity index (χ1v) is 10.3. The van der Waals surface area contributed by atoms with Crippen LogP contribution in [0.2, 0.25) is 5.02 Å². The SMILES string of the molecule is CNC(=O)C(C)N(Cc1cccc(Cl)c1)C(=O)CCc1ccc(C(C)(C)C)cc1. The smallest absolute Gasteiger partial charge is 0.242 e. The van der Waals surface area contributed by atoms with Crippen molar-refractivity contribution >= 4 is 23.4 Å². The zero-order valence-electron chi connectivity index (χ0n) is 18.0. The van der Waals surface area contributed by atoms with E-state index in [9.17, 15) is 9.59 Å². The average molecular weight is 415 g/mol. The van der Waals surface area contributed by atoms with E-state index < -0.39 is 6.04 Å². The number of aryl methyl sites for hydroxylation is 1. The Balaban J connectivity index is 2.11. The predicted octanol–water partition coefficient (Wildman–Crippen LogP) is 4.73. The molecule has 0 heterocycles. The summed E-state index contributed by atoms with van der Waals surface area (Å²) in [5.41, 5.74) is 3.38. The first-order valence-electron chi connectivity index (χ1n) is 9.96. The van der Waals surface area contributed by atoms with E-state index in [1.165, 1.54) is 5.56 Å². The molecule has 0 fully saturated rings. The molecule has 156 valence electrons. The second-order valence-electron chi connectivity index (χ2n) is 8.39. The van der Waals surface area contributed by atoms with E-state index in [2.05, 4.69) is 50.4 Å². The molecule has 5 heteroatoms. The summed E-state index contributed by atoms with van der Waals surface area (Å²) < 4.78 is 0. The highest BCUT2D eigenvalue weighted by Crippen LogP contribution is 2.23. The van der Waals surface area contributed by atoms with Crippen LogP contribution in [0.4, 0.5) is 0 Å². The number of benzene rings is 2. The fraction of sp³-hybridized carbons (Fsp3) is 0.417. The molecular weight excluding hydrogens is 384 g/mol. The molecule has 0 aromatic heterocycles. The van der Waals surface area contributed by atoms with Crippen molar-refractivity contribution in [1.29, 1.82) is 0 Å². The monoisotopic (exact) mass is 414 g/mol. The van der Waals surface area contributed by atoms with E-state index in [1.54, 1.807) is 24.9 Å². The third kappa shape index (κ3) is 6.60. The number of hydrogen-bond acceptors (Lipinski definition) is 2. The lowest BCUT2D eigenvalue weighted by atomic mass is 9.86. The molecule has 0 spiro atoms. The molecule has 1 N–H and O–H groups in total. The standard InChI is InChI=1S/C24H31ClN2O2/c1-17(23(29)26-5)27(16-19-7-6-8-21(25)15-19)22(28)14-11-18-9-12-20(13-10-18)24(2,3)4/h6-10,12-13,15,17H,11,14,16H2,1-5H3,(H,26,29). The van der Waals surface area contributed by atoms with Crippen molar-refractivity contribution in [2.75, 3.05) is 7.05 Å². The van der Waals surface area contributed by atoms with Gasteiger partial charge in [-0.25, -0.2) is 0 Å². The molecule has 0 saturated carbocycles. The summed E-state index contributed by atoms with van der Waals surface area (Å²) in [5, 5.41) is 3.24. The fourth-order valence-corrected chi connectivity index (χ4v) is 3.40. The molecule has 2 aromatic carbocycles. The van der Waals surface area contributed by atoms with E-state index in [0.717, 1.165) is 11.1 Å². The number of nitrogens with one attached hydrogen (secondary N) is 1. The molecule has 1 atom stereocenters. The number of likely N-dealkylation sites (N-methyl/N-ethyl adjacent to an activating group) is 1. The van der Waals surface area contributed by atoms with Crippen LogP contribution in [0.1, 0.15) is 50.8 Å². The first kappa shape index (κ1) is 23.0. The minimum atomic E-state index is -0.560. The van der Waals surface area contributed by atoms with Gasteiger partial charge in [0.15, 0.2) is 0 Å². The summed E-state index contributed by atoms with van der Waals surface area (Å²) in [4.78, 5) is 26.8. The fourth-order valence-electron chi connectivity index (χ4n) is 3.19. The maximum atomic E-state index is 13.0. The number of carbonyl (C=O) groups is 2. The number of hydrogen-bond donors (Lipinski definition) is 1. The molecule has 0 aliphatic rings. The normalized spacial score (nSPS) is 12.3. The van der Waals surface area contributed by atoms with Gasteiger partial charge in [-0.2, -0.15) is 0 Å². The highest BCUT2D eigenvalue weighted by Gasteiger charge is 2.25. The van der Waals surface area contributed by atoms with Crippen molar-refractivity contribution in [2.45, 2.75) is 58.5 Å². The Morgan fingerprint density at radius 3 is 2.28 bits per heavy atom. The molecule has 0 aliphatic carbocycles. The van der Waals surface area contributed by atoms with Gasteiger partial charge < -0.3 is 10.2 Å². The molecule has 1 unspecified atom stereocenters. The van der Waals surface area contributed by atoms with Crippen LogP contribution in [-0.2, 0) is 28.0 Å². The lowest BCUT2D eigenvalue weighted by Crippen LogP contribution is -2.46. The van der Waals surface area contributed by atoms with Crippen molar-refractivity contribution in [2.24, 2.45) is 0 Å². The quantitative estimate of drug-likeness (QED) is 0.711. The van der Waals surface area contributed by atoms with Crippen LogP contribution < -0.4 is 5.32 Å². The Hall–Kier alpha value is -2.33. The van der Waals surface area contributed by atoms with Crippen molar-refractivity contribution in [3.8, 4) is 0 Å². The topological polar surface area (TPSA) is 49.4 Å². The molecule has 0 aliphatic heterocycles. The van der Waals surface area contributed by atoms with Crippen LogP contribution >= 0.6 is 11.6 Å². The maximum absolute atomic E-state index is 13.0. The van der Waals surface area contributed by atoms with Crippen molar-refractivity contribution in [3.63, 3.8) is 0 Å². The van der Waals surface area contributed by atoms with Gasteiger partial charge in [-0.1, -0.05) is 68.8 Å². The third-order valence-corrected chi connectivity index (χ3v) is 5.34. The summed E-state index contributed by atoms with van der Waals surface area (Å²) in [6.07, 6.45) is 0.979. The molecular formula is C24H31ClN2O2. The van der Waals surface area contributed by atoms with Gasteiger partial charge in [0.05, 0.1) is 0 Å². The lowest BCUT2D eigenvalue weighted by molar-refractivity contribution is -0.140. The highest BCUT2D eigenvalue weighted by molar-refractivity contribution is 6.30. The zero-order chi connectivity index (χ0) is 21.6. The van der Waals surface area contributed by atoms with Gasteiger partial charge in [-0.05, 0) is 47.6 Å². The van der Waals surface area contributed by atoms with E-state index in [0.29, 0.717) is 24.4 Å². The van der Waals surface area contributed by atoms with Crippen LogP contribution in [0.15, 0.2) is 48.5 Å². The van der Waals surface area contributed by atoms with Gasteiger partial charge in [0.25, 0.3) is 0 Å². The average Bonchev–Trinajstić information content (AvgIpc) is 2.68. The molecule has 0 saturated heterocycles. The number of rotatable bonds is 7. The summed E-state index contributed by atoms with van der Waals surface area (Å²) >= 11 is 6.08. The van der Waals surface area contributed by atoms with Crippen LogP contribution in [0.5, 0.6) is 0 Å². The first-order chi connectivity index (χ1) is 13.6. The summed E-state index contributed by atoms with van der Waals surface area (Å²) in [5.74, 6) is -0.240. The highest BCUT2D eigenvalue weighted by atomic mass is 35.5. The molecule has 29 heavy (non-hydrogen) atoms. The summed E-state index contributed by atoms with van der Waals surface area (Å²) in [6, 6.07) is 15.2. The molecule has 4 nitrogen and oxygen atoms in total. The van der Waals surface area contributed by atoms with E-state index in [1.807, 2.05) is 18.2 Å². The van der Waals surface area contributed by atoms with Crippen molar-refractivity contribution in [1.82, 2.24) is 10.2 Å². The predicted molar refractivity (Wildman–Crippen MR) is 119 cm³/mol. The van der Waals surface area contributed by atoms with Gasteiger partial charge >= 0.3 is 0 Å². The van der Waals surface area contributed by atoms with Crippen LogP contribution in [-0.4, -0.2) is 29.8 Å². The maximum Gasteiger partial charge on any atom is 0.242 e. The molecule has 2 amide bonds. The van der Waals surface area contributed by atoms with Crippen LogP contribution in [0.3, 0.4) is 0 Å². The van der Waals surface area contributed by atoms with Gasteiger partial charge in [-0.3, -0.25) is 9.59 Å². The number of halogens is 1. The van der Waals surface area contributed by atoms with Gasteiger partial charge in [0, 0.05) is 25.0 Å². The lowest BCUT2D eigenvalue weighted by Gasteiger charge is -2.28. The largest absolute Gasteiger partial charge is 0.357 e. The van der Waals surface area contributed by atoms with Gasteiger partial charge in [0.1, 0.15) is 6.04 Å². The van der Waals surface area contributed by atoms with E-state index in [-0.39, 0.29) is 17.2 Å². The van der Waals surface area contributed by atoms with Crippen LogP contribution in [0.25, 0.3) is 0 Å². The Kier molecular flexibility index (Phi) is 7.86. The molecule has 0 radical (unpaired) electrons. The van der Waals surface area contributed by atoms with Gasteiger partial charge in [0.2, 0.25) is 11.8 Å². The molecule has 2 aromatic rings.